The molecule has 0 spiro atoms. The number of aromatic nitrogens is 1. The van der Waals surface area contributed by atoms with Gasteiger partial charge in [0.15, 0.2) is 17.4 Å². The fraction of sp³-hybridized carbons (Fsp3) is 0. The Morgan fingerprint density at radius 3 is 2.60 bits per heavy atom. The number of aromatic hydroxyl groups is 1. The molecule has 0 fully saturated rings. The maximum atomic E-state index is 13.8. The van der Waals surface area contributed by atoms with Gasteiger partial charge in [0, 0.05) is 5.02 Å². The number of rotatable bonds is 1. The van der Waals surface area contributed by atoms with Crippen molar-refractivity contribution in [1.29, 1.82) is 0 Å². The number of hydrogen-bond donors (Lipinski definition) is 1. The zero-order chi connectivity index (χ0) is 14.4. The predicted molar refractivity (Wildman–Crippen MR) is 71.6 cm³/mol. The lowest BCUT2D eigenvalue weighted by molar-refractivity contribution is 0.377. The average molecular weight is 316 g/mol. The summed E-state index contributed by atoms with van der Waals surface area (Å²) in [4.78, 5) is 4.11. The topological polar surface area (TPSA) is 33.1 Å². The van der Waals surface area contributed by atoms with Gasteiger partial charge in [-0.15, -0.1) is 11.3 Å². The van der Waals surface area contributed by atoms with Gasteiger partial charge in [0.05, 0.1) is 15.8 Å². The first kappa shape index (κ1) is 13.2. The van der Waals surface area contributed by atoms with Crippen LogP contribution in [0, 0.1) is 17.5 Å². The van der Waals surface area contributed by atoms with Crippen molar-refractivity contribution in [2.24, 2.45) is 0 Å². The van der Waals surface area contributed by atoms with Gasteiger partial charge in [0.1, 0.15) is 5.01 Å². The molecule has 0 aliphatic heterocycles. The van der Waals surface area contributed by atoms with Crippen molar-refractivity contribution in [3.05, 3.63) is 46.7 Å². The van der Waals surface area contributed by atoms with Gasteiger partial charge in [0.2, 0.25) is 5.82 Å². The Morgan fingerprint density at radius 2 is 1.85 bits per heavy atom. The Kier molecular flexibility index (Phi) is 3.07. The van der Waals surface area contributed by atoms with Crippen LogP contribution in [-0.4, -0.2) is 10.1 Å². The Balaban J connectivity index is 2.25. The molecular formula is C13H5ClF3NOS. The second-order valence-corrected chi connectivity index (χ2v) is 5.48. The second kappa shape index (κ2) is 4.64. The lowest BCUT2D eigenvalue weighted by Gasteiger charge is -2.03. The highest BCUT2D eigenvalue weighted by Crippen LogP contribution is 2.37. The van der Waals surface area contributed by atoms with Gasteiger partial charge in [-0.2, -0.15) is 4.39 Å². The van der Waals surface area contributed by atoms with Crippen LogP contribution in [0.4, 0.5) is 13.2 Å². The molecule has 0 saturated carbocycles. The summed E-state index contributed by atoms with van der Waals surface area (Å²) in [7, 11) is 0. The van der Waals surface area contributed by atoms with Gasteiger partial charge < -0.3 is 5.11 Å². The lowest BCUT2D eigenvalue weighted by atomic mass is 10.2. The molecule has 20 heavy (non-hydrogen) atoms. The van der Waals surface area contributed by atoms with E-state index in [0.29, 0.717) is 21.3 Å². The van der Waals surface area contributed by atoms with Crippen molar-refractivity contribution < 1.29 is 18.3 Å². The van der Waals surface area contributed by atoms with Crippen LogP contribution in [-0.2, 0) is 0 Å². The molecule has 0 amide bonds. The normalized spacial score (nSPS) is 11.2. The molecule has 1 heterocycles. The van der Waals surface area contributed by atoms with Crippen LogP contribution in [0.25, 0.3) is 20.8 Å². The molecule has 3 rings (SSSR count). The van der Waals surface area contributed by atoms with Crippen molar-refractivity contribution in [2.75, 3.05) is 0 Å². The van der Waals surface area contributed by atoms with Crippen molar-refractivity contribution in [2.45, 2.75) is 0 Å². The predicted octanol–water partition coefficient (Wildman–Crippen LogP) is 4.74. The zero-order valence-electron chi connectivity index (χ0n) is 9.62. The van der Waals surface area contributed by atoms with Gasteiger partial charge in [-0.3, -0.25) is 0 Å². The number of benzene rings is 2. The first-order chi connectivity index (χ1) is 9.47. The fourth-order valence-corrected chi connectivity index (χ4v) is 2.88. The summed E-state index contributed by atoms with van der Waals surface area (Å²) in [6.07, 6.45) is 0. The number of thiazole rings is 1. The maximum Gasteiger partial charge on any atom is 0.203 e. The highest BCUT2D eigenvalue weighted by molar-refractivity contribution is 7.21. The van der Waals surface area contributed by atoms with E-state index in [1.54, 1.807) is 18.2 Å². The molecule has 0 aliphatic carbocycles. The van der Waals surface area contributed by atoms with E-state index in [1.165, 1.54) is 0 Å². The minimum Gasteiger partial charge on any atom is -0.503 e. The number of phenols is 1. The molecule has 2 aromatic carbocycles. The van der Waals surface area contributed by atoms with E-state index in [2.05, 4.69) is 4.98 Å². The van der Waals surface area contributed by atoms with E-state index in [-0.39, 0.29) is 10.6 Å². The van der Waals surface area contributed by atoms with Crippen molar-refractivity contribution >= 4 is 33.2 Å². The molecule has 102 valence electrons. The van der Waals surface area contributed by atoms with Crippen LogP contribution in [0.15, 0.2) is 24.3 Å². The standard InChI is InChI=1S/C13H5ClF3NOS/c14-5-1-2-9-8(3-5)18-13(20-9)6-4-7(15)11(17)12(19)10(6)16/h1-4,19H. The SMILES string of the molecule is Oc1c(F)c(F)cc(-c2nc3cc(Cl)ccc3s2)c1F. The molecule has 0 unspecified atom stereocenters. The van der Waals surface area contributed by atoms with Crippen LogP contribution >= 0.6 is 22.9 Å². The minimum atomic E-state index is -1.62. The van der Waals surface area contributed by atoms with E-state index in [9.17, 15) is 18.3 Å². The Morgan fingerprint density at radius 1 is 1.10 bits per heavy atom. The van der Waals surface area contributed by atoms with Crippen LogP contribution in [0.3, 0.4) is 0 Å². The first-order valence-corrected chi connectivity index (χ1v) is 6.59. The van der Waals surface area contributed by atoms with Gasteiger partial charge in [-0.25, -0.2) is 13.8 Å². The third-order valence-corrected chi connectivity index (χ3v) is 4.02. The summed E-state index contributed by atoms with van der Waals surface area (Å²) in [5.41, 5.74) is 0.222. The molecule has 7 heteroatoms. The van der Waals surface area contributed by atoms with Crippen molar-refractivity contribution in [1.82, 2.24) is 4.98 Å². The average Bonchev–Trinajstić information content (AvgIpc) is 2.83. The largest absolute Gasteiger partial charge is 0.503 e. The minimum absolute atomic E-state index is 0.133. The molecule has 0 atom stereocenters. The van der Waals surface area contributed by atoms with Crippen molar-refractivity contribution in [3.8, 4) is 16.3 Å². The fourth-order valence-electron chi connectivity index (χ4n) is 1.76. The summed E-state index contributed by atoms with van der Waals surface area (Å²) in [6.45, 7) is 0. The van der Waals surface area contributed by atoms with E-state index >= 15 is 0 Å². The lowest BCUT2D eigenvalue weighted by Crippen LogP contribution is -1.93. The quantitative estimate of drug-likeness (QED) is 0.658. The molecule has 1 aromatic heterocycles. The van der Waals surface area contributed by atoms with E-state index < -0.39 is 23.2 Å². The number of nitrogens with zero attached hydrogens (tertiary/aromatic N) is 1. The van der Waals surface area contributed by atoms with Gasteiger partial charge in [0.25, 0.3) is 0 Å². The molecular weight excluding hydrogens is 311 g/mol. The Labute approximate surface area is 120 Å². The molecule has 0 bridgehead atoms. The number of phenolic OH excluding ortho intramolecular Hbond substituents is 1. The summed E-state index contributed by atoms with van der Waals surface area (Å²) in [5, 5.41) is 9.81. The maximum absolute atomic E-state index is 13.8. The Bertz CT molecular complexity index is 834. The molecule has 1 N–H and O–H groups in total. The van der Waals surface area contributed by atoms with Crippen molar-refractivity contribution in [3.63, 3.8) is 0 Å². The third-order valence-electron chi connectivity index (χ3n) is 2.71. The zero-order valence-corrected chi connectivity index (χ0v) is 11.2. The summed E-state index contributed by atoms with van der Waals surface area (Å²) in [6, 6.07) is 5.58. The van der Waals surface area contributed by atoms with Gasteiger partial charge in [-0.1, -0.05) is 11.6 Å². The molecule has 2 nitrogen and oxygen atoms in total. The van der Waals surface area contributed by atoms with E-state index in [1.807, 2.05) is 0 Å². The number of fused-ring (bicyclic) bond motifs is 1. The van der Waals surface area contributed by atoms with Crippen LogP contribution in [0.1, 0.15) is 0 Å². The second-order valence-electron chi connectivity index (χ2n) is 4.01. The molecule has 3 aromatic rings. The molecule has 0 saturated heterocycles. The molecule has 0 radical (unpaired) electrons. The van der Waals surface area contributed by atoms with Gasteiger partial charge in [-0.05, 0) is 24.3 Å². The smallest absolute Gasteiger partial charge is 0.203 e. The number of halogens is 4. The summed E-state index contributed by atoms with van der Waals surface area (Å²) < 4.78 is 40.9. The third kappa shape index (κ3) is 2.01. The highest BCUT2D eigenvalue weighted by atomic mass is 35.5. The van der Waals surface area contributed by atoms with E-state index in [0.717, 1.165) is 11.3 Å². The summed E-state index contributed by atoms with van der Waals surface area (Å²) in [5.74, 6) is -5.54. The Hall–Kier alpha value is -1.79. The monoisotopic (exact) mass is 315 g/mol. The summed E-state index contributed by atoms with van der Waals surface area (Å²) >= 11 is 6.90. The molecule has 0 aliphatic rings. The number of hydrogen-bond acceptors (Lipinski definition) is 3. The van der Waals surface area contributed by atoms with Crippen LogP contribution < -0.4 is 0 Å². The van der Waals surface area contributed by atoms with Crippen LogP contribution in [0.5, 0.6) is 5.75 Å². The first-order valence-electron chi connectivity index (χ1n) is 5.40. The van der Waals surface area contributed by atoms with E-state index in [4.69, 9.17) is 11.6 Å². The van der Waals surface area contributed by atoms with Crippen LogP contribution in [0.2, 0.25) is 5.02 Å². The van der Waals surface area contributed by atoms with Gasteiger partial charge >= 0.3 is 0 Å². The highest BCUT2D eigenvalue weighted by Gasteiger charge is 2.21.